The standard InChI is InChI=1S/C13H25NO2/c1-4-5-11(12(15)16)14-10-6-8-13(2,3)9-7-10/h10-11,14H,4-9H2,1-3H3,(H,15,16). The van der Waals surface area contributed by atoms with Gasteiger partial charge in [0.15, 0.2) is 0 Å². The summed E-state index contributed by atoms with van der Waals surface area (Å²) in [6.45, 7) is 6.62. The number of rotatable bonds is 5. The van der Waals surface area contributed by atoms with Crippen LogP contribution in [-0.4, -0.2) is 23.2 Å². The molecule has 0 amide bonds. The van der Waals surface area contributed by atoms with E-state index in [0.717, 1.165) is 25.7 Å². The maximum Gasteiger partial charge on any atom is 0.320 e. The Balaban J connectivity index is 2.39. The van der Waals surface area contributed by atoms with Crippen LogP contribution in [0.1, 0.15) is 59.3 Å². The molecular weight excluding hydrogens is 202 g/mol. The second-order valence-corrected chi connectivity index (χ2v) is 5.78. The summed E-state index contributed by atoms with van der Waals surface area (Å²) in [4.78, 5) is 11.0. The van der Waals surface area contributed by atoms with Crippen LogP contribution in [0.15, 0.2) is 0 Å². The summed E-state index contributed by atoms with van der Waals surface area (Å²) in [5.74, 6) is -0.702. The van der Waals surface area contributed by atoms with Gasteiger partial charge in [0.2, 0.25) is 0 Å². The molecule has 0 saturated heterocycles. The Hall–Kier alpha value is -0.570. The van der Waals surface area contributed by atoms with E-state index in [4.69, 9.17) is 5.11 Å². The van der Waals surface area contributed by atoms with Gasteiger partial charge in [0, 0.05) is 6.04 Å². The number of nitrogens with one attached hydrogen (secondary N) is 1. The first-order chi connectivity index (χ1) is 7.44. The smallest absolute Gasteiger partial charge is 0.320 e. The van der Waals surface area contributed by atoms with Crippen molar-refractivity contribution in [2.75, 3.05) is 0 Å². The molecule has 1 aliphatic rings. The van der Waals surface area contributed by atoms with Crippen molar-refractivity contribution >= 4 is 5.97 Å². The highest BCUT2D eigenvalue weighted by atomic mass is 16.4. The maximum atomic E-state index is 11.0. The zero-order chi connectivity index (χ0) is 12.2. The minimum Gasteiger partial charge on any atom is -0.480 e. The normalized spacial score (nSPS) is 22.9. The fourth-order valence-corrected chi connectivity index (χ4v) is 2.42. The Kier molecular flexibility index (Phi) is 4.78. The Morgan fingerprint density at radius 2 is 2.00 bits per heavy atom. The summed E-state index contributed by atoms with van der Waals surface area (Å²) in [5.41, 5.74) is 0.446. The second kappa shape index (κ2) is 5.67. The van der Waals surface area contributed by atoms with Gasteiger partial charge in [0.25, 0.3) is 0 Å². The van der Waals surface area contributed by atoms with Crippen LogP contribution in [0.2, 0.25) is 0 Å². The monoisotopic (exact) mass is 227 g/mol. The van der Waals surface area contributed by atoms with Crippen molar-refractivity contribution in [2.24, 2.45) is 5.41 Å². The molecule has 0 heterocycles. The Bertz CT molecular complexity index is 228. The van der Waals surface area contributed by atoms with E-state index >= 15 is 0 Å². The minimum atomic E-state index is -0.702. The number of hydrogen-bond acceptors (Lipinski definition) is 2. The third-order valence-electron chi connectivity index (χ3n) is 3.65. The molecule has 1 rings (SSSR count). The highest BCUT2D eigenvalue weighted by molar-refractivity contribution is 5.73. The lowest BCUT2D eigenvalue weighted by atomic mass is 9.75. The van der Waals surface area contributed by atoms with Crippen LogP contribution in [0, 0.1) is 5.41 Å². The molecule has 3 nitrogen and oxygen atoms in total. The van der Waals surface area contributed by atoms with Crippen molar-refractivity contribution < 1.29 is 9.90 Å². The van der Waals surface area contributed by atoms with Gasteiger partial charge in [-0.1, -0.05) is 27.2 Å². The van der Waals surface area contributed by atoms with Crippen molar-refractivity contribution in [3.8, 4) is 0 Å². The molecule has 0 spiro atoms. The van der Waals surface area contributed by atoms with Crippen molar-refractivity contribution in [1.82, 2.24) is 5.32 Å². The zero-order valence-corrected chi connectivity index (χ0v) is 10.8. The predicted molar refractivity (Wildman–Crippen MR) is 65.5 cm³/mol. The van der Waals surface area contributed by atoms with Crippen LogP contribution >= 0.6 is 0 Å². The van der Waals surface area contributed by atoms with Crippen LogP contribution in [0.4, 0.5) is 0 Å². The van der Waals surface area contributed by atoms with E-state index in [1.54, 1.807) is 0 Å². The van der Waals surface area contributed by atoms with E-state index in [-0.39, 0.29) is 6.04 Å². The van der Waals surface area contributed by atoms with Crippen LogP contribution < -0.4 is 5.32 Å². The molecule has 1 atom stereocenters. The summed E-state index contributed by atoms with van der Waals surface area (Å²) in [6.07, 6.45) is 6.27. The van der Waals surface area contributed by atoms with E-state index < -0.39 is 5.97 Å². The zero-order valence-electron chi connectivity index (χ0n) is 10.8. The Morgan fingerprint density at radius 1 is 1.44 bits per heavy atom. The molecule has 0 radical (unpaired) electrons. The average molecular weight is 227 g/mol. The van der Waals surface area contributed by atoms with E-state index in [2.05, 4.69) is 19.2 Å². The highest BCUT2D eigenvalue weighted by Crippen LogP contribution is 2.35. The van der Waals surface area contributed by atoms with Gasteiger partial charge < -0.3 is 10.4 Å². The summed E-state index contributed by atoms with van der Waals surface area (Å²) >= 11 is 0. The highest BCUT2D eigenvalue weighted by Gasteiger charge is 2.29. The van der Waals surface area contributed by atoms with Gasteiger partial charge in [-0.3, -0.25) is 4.79 Å². The number of carbonyl (C=O) groups is 1. The van der Waals surface area contributed by atoms with Crippen molar-refractivity contribution in [2.45, 2.75) is 71.4 Å². The molecule has 3 heteroatoms. The molecule has 1 aliphatic carbocycles. The molecule has 16 heavy (non-hydrogen) atoms. The minimum absolute atomic E-state index is 0.351. The topological polar surface area (TPSA) is 49.3 Å². The maximum absolute atomic E-state index is 11.0. The largest absolute Gasteiger partial charge is 0.480 e. The first-order valence-corrected chi connectivity index (χ1v) is 6.43. The van der Waals surface area contributed by atoms with E-state index in [1.165, 1.54) is 12.8 Å². The van der Waals surface area contributed by atoms with E-state index in [0.29, 0.717) is 11.5 Å². The molecule has 1 unspecified atom stereocenters. The number of carboxylic acids is 1. The third-order valence-corrected chi connectivity index (χ3v) is 3.65. The number of hydrogen-bond donors (Lipinski definition) is 2. The number of carboxylic acid groups (broad SMARTS) is 1. The molecule has 0 aromatic rings. The molecule has 1 fully saturated rings. The summed E-state index contributed by atoms with van der Waals surface area (Å²) in [5, 5.41) is 12.4. The van der Waals surface area contributed by atoms with Gasteiger partial charge in [0.05, 0.1) is 0 Å². The van der Waals surface area contributed by atoms with Crippen molar-refractivity contribution in [3.05, 3.63) is 0 Å². The Labute approximate surface area is 98.6 Å². The van der Waals surface area contributed by atoms with Crippen LogP contribution in [0.5, 0.6) is 0 Å². The summed E-state index contributed by atoms with van der Waals surface area (Å²) < 4.78 is 0. The molecule has 0 bridgehead atoms. The summed E-state index contributed by atoms with van der Waals surface area (Å²) in [6, 6.07) is 0.0527. The molecule has 0 aliphatic heterocycles. The van der Waals surface area contributed by atoms with Crippen LogP contribution in [0.3, 0.4) is 0 Å². The predicted octanol–water partition coefficient (Wildman–Crippen LogP) is 2.80. The lowest BCUT2D eigenvalue weighted by molar-refractivity contribution is -0.140. The lowest BCUT2D eigenvalue weighted by Crippen LogP contribution is -2.45. The first kappa shape index (κ1) is 13.5. The van der Waals surface area contributed by atoms with Gasteiger partial charge in [-0.25, -0.2) is 0 Å². The van der Waals surface area contributed by atoms with Crippen molar-refractivity contribution in [1.29, 1.82) is 0 Å². The third kappa shape index (κ3) is 4.12. The van der Waals surface area contributed by atoms with Gasteiger partial charge in [-0.2, -0.15) is 0 Å². The summed E-state index contributed by atoms with van der Waals surface area (Å²) in [7, 11) is 0. The quantitative estimate of drug-likeness (QED) is 0.759. The lowest BCUT2D eigenvalue weighted by Gasteiger charge is -2.35. The SMILES string of the molecule is CCCC(NC1CCC(C)(C)CC1)C(=O)O. The van der Waals surface area contributed by atoms with Gasteiger partial charge in [-0.15, -0.1) is 0 Å². The molecule has 0 aromatic carbocycles. The molecule has 0 aromatic heterocycles. The molecule has 1 saturated carbocycles. The fourth-order valence-electron chi connectivity index (χ4n) is 2.42. The second-order valence-electron chi connectivity index (χ2n) is 5.78. The van der Waals surface area contributed by atoms with Gasteiger partial charge in [0.1, 0.15) is 6.04 Å². The first-order valence-electron chi connectivity index (χ1n) is 6.43. The molecule has 2 N–H and O–H groups in total. The average Bonchev–Trinajstić information content (AvgIpc) is 2.20. The van der Waals surface area contributed by atoms with E-state index in [9.17, 15) is 4.79 Å². The van der Waals surface area contributed by atoms with E-state index in [1.807, 2.05) is 6.92 Å². The van der Waals surface area contributed by atoms with Gasteiger partial charge in [-0.05, 0) is 37.5 Å². The van der Waals surface area contributed by atoms with Crippen LogP contribution in [0.25, 0.3) is 0 Å². The number of aliphatic carboxylic acids is 1. The van der Waals surface area contributed by atoms with Crippen molar-refractivity contribution in [3.63, 3.8) is 0 Å². The van der Waals surface area contributed by atoms with Gasteiger partial charge >= 0.3 is 5.97 Å². The molecule has 94 valence electrons. The Morgan fingerprint density at radius 3 is 2.44 bits per heavy atom. The van der Waals surface area contributed by atoms with Crippen LogP contribution in [-0.2, 0) is 4.79 Å². The molecular formula is C13H25NO2. The fraction of sp³-hybridized carbons (Fsp3) is 0.923.